The molecule has 0 spiro atoms. The number of rotatable bonds is 5. The zero-order valence-corrected chi connectivity index (χ0v) is 13.1. The topological polar surface area (TPSA) is 12.0 Å². The third kappa shape index (κ3) is 3.95. The van der Waals surface area contributed by atoms with E-state index in [-0.39, 0.29) is 11.9 Å². The first-order chi connectivity index (χ1) is 9.74. The van der Waals surface area contributed by atoms with E-state index in [1.807, 2.05) is 0 Å². The van der Waals surface area contributed by atoms with Crippen molar-refractivity contribution in [1.29, 1.82) is 0 Å². The van der Waals surface area contributed by atoms with Gasteiger partial charge in [-0.25, -0.2) is 4.39 Å². The highest BCUT2D eigenvalue weighted by Gasteiger charge is 2.27. The largest absolute Gasteiger partial charge is 0.310 e. The van der Waals surface area contributed by atoms with Crippen molar-refractivity contribution >= 4 is 11.6 Å². The molecular weight excluding hydrogens is 273 g/mol. The van der Waals surface area contributed by atoms with Gasteiger partial charge in [0.05, 0.1) is 0 Å². The predicted octanol–water partition coefficient (Wildman–Crippen LogP) is 5.49. The second-order valence-electron chi connectivity index (χ2n) is 5.82. The van der Waals surface area contributed by atoms with E-state index >= 15 is 0 Å². The highest BCUT2D eigenvalue weighted by Crippen LogP contribution is 2.37. The molecule has 1 N–H and O–H groups in total. The molecule has 1 atom stereocenters. The Morgan fingerprint density at radius 1 is 1.25 bits per heavy atom. The lowest BCUT2D eigenvalue weighted by molar-refractivity contribution is 0.318. The summed E-state index contributed by atoms with van der Waals surface area (Å²) in [6.45, 7) is 3.05. The van der Waals surface area contributed by atoms with Crippen LogP contribution >= 0.6 is 11.6 Å². The van der Waals surface area contributed by atoms with Crippen molar-refractivity contribution in [3.63, 3.8) is 0 Å². The van der Waals surface area contributed by atoms with Crippen LogP contribution in [0, 0.1) is 11.7 Å². The summed E-state index contributed by atoms with van der Waals surface area (Å²) in [5, 5.41) is 4.10. The SMILES string of the molecule is CCCNC(c1c(F)cccc1Cl)C1CCCCCC1. The molecule has 0 aliphatic heterocycles. The monoisotopic (exact) mass is 297 g/mol. The molecule has 2 rings (SSSR count). The minimum atomic E-state index is -0.171. The van der Waals surface area contributed by atoms with E-state index in [4.69, 9.17) is 11.6 Å². The quantitative estimate of drug-likeness (QED) is 0.709. The summed E-state index contributed by atoms with van der Waals surface area (Å²) in [6, 6.07) is 5.07. The summed E-state index contributed by atoms with van der Waals surface area (Å²) >= 11 is 6.28. The third-order valence-electron chi connectivity index (χ3n) is 4.30. The molecule has 1 aliphatic rings. The normalized spacial score (nSPS) is 18.8. The Morgan fingerprint density at radius 2 is 1.95 bits per heavy atom. The van der Waals surface area contributed by atoms with Crippen molar-refractivity contribution in [3.05, 3.63) is 34.6 Å². The first kappa shape index (κ1) is 15.8. The lowest BCUT2D eigenvalue weighted by atomic mass is 9.86. The number of hydrogen-bond acceptors (Lipinski definition) is 1. The minimum absolute atomic E-state index is 0.0572. The maximum Gasteiger partial charge on any atom is 0.129 e. The summed E-state index contributed by atoms with van der Waals surface area (Å²) in [7, 11) is 0. The van der Waals surface area contributed by atoms with Gasteiger partial charge in [0.15, 0.2) is 0 Å². The van der Waals surface area contributed by atoms with Gasteiger partial charge in [0.2, 0.25) is 0 Å². The fourth-order valence-electron chi connectivity index (χ4n) is 3.26. The Hall–Kier alpha value is -0.600. The van der Waals surface area contributed by atoms with Gasteiger partial charge < -0.3 is 5.32 Å². The highest BCUT2D eigenvalue weighted by molar-refractivity contribution is 6.31. The molecule has 112 valence electrons. The van der Waals surface area contributed by atoms with Gasteiger partial charge in [-0.05, 0) is 43.9 Å². The fourth-order valence-corrected chi connectivity index (χ4v) is 3.54. The van der Waals surface area contributed by atoms with E-state index in [2.05, 4.69) is 12.2 Å². The van der Waals surface area contributed by atoms with Crippen molar-refractivity contribution in [3.8, 4) is 0 Å². The first-order valence-corrected chi connectivity index (χ1v) is 8.29. The van der Waals surface area contributed by atoms with Crippen LogP contribution in [0.1, 0.15) is 63.5 Å². The van der Waals surface area contributed by atoms with Crippen molar-refractivity contribution in [1.82, 2.24) is 5.32 Å². The minimum Gasteiger partial charge on any atom is -0.310 e. The summed E-state index contributed by atoms with van der Waals surface area (Å²) in [5.74, 6) is 0.328. The second-order valence-corrected chi connectivity index (χ2v) is 6.23. The number of nitrogens with one attached hydrogen (secondary N) is 1. The van der Waals surface area contributed by atoms with E-state index in [0.717, 1.165) is 13.0 Å². The van der Waals surface area contributed by atoms with E-state index in [9.17, 15) is 4.39 Å². The molecule has 1 aromatic carbocycles. The van der Waals surface area contributed by atoms with Crippen molar-refractivity contribution in [2.75, 3.05) is 6.54 Å². The molecule has 0 bridgehead atoms. The molecule has 1 nitrogen and oxygen atoms in total. The molecule has 1 saturated carbocycles. The molecular formula is C17H25ClFN. The summed E-state index contributed by atoms with van der Waals surface area (Å²) < 4.78 is 14.3. The number of benzene rings is 1. The van der Waals surface area contributed by atoms with Crippen LogP contribution in [0.25, 0.3) is 0 Å². The van der Waals surface area contributed by atoms with Crippen LogP contribution in [0.15, 0.2) is 18.2 Å². The van der Waals surface area contributed by atoms with Crippen LogP contribution < -0.4 is 5.32 Å². The smallest absolute Gasteiger partial charge is 0.129 e. The van der Waals surface area contributed by atoms with E-state index in [1.165, 1.54) is 44.6 Å². The van der Waals surface area contributed by atoms with Crippen molar-refractivity contribution in [2.45, 2.75) is 57.9 Å². The molecule has 0 saturated heterocycles. The van der Waals surface area contributed by atoms with Crippen LogP contribution in [0.2, 0.25) is 5.02 Å². The van der Waals surface area contributed by atoms with Gasteiger partial charge in [-0.1, -0.05) is 50.3 Å². The average molecular weight is 298 g/mol. The second kappa shape index (κ2) is 7.99. The Bertz CT molecular complexity index is 393. The standard InChI is InChI=1S/C17H25ClFN/c1-2-12-20-17(13-8-5-3-4-6-9-13)16-14(18)10-7-11-15(16)19/h7,10-11,13,17,20H,2-6,8-9,12H2,1H3. The number of halogens is 2. The molecule has 0 amide bonds. The zero-order chi connectivity index (χ0) is 14.4. The Morgan fingerprint density at radius 3 is 2.55 bits per heavy atom. The molecule has 0 radical (unpaired) electrons. The third-order valence-corrected chi connectivity index (χ3v) is 4.63. The predicted molar refractivity (Wildman–Crippen MR) is 83.6 cm³/mol. The van der Waals surface area contributed by atoms with Gasteiger partial charge in [-0.15, -0.1) is 0 Å². The molecule has 1 aliphatic carbocycles. The van der Waals surface area contributed by atoms with Crippen LogP contribution in [0.4, 0.5) is 4.39 Å². The lowest BCUT2D eigenvalue weighted by Crippen LogP contribution is -2.30. The first-order valence-electron chi connectivity index (χ1n) is 7.91. The molecule has 1 aromatic rings. The van der Waals surface area contributed by atoms with Crippen molar-refractivity contribution in [2.24, 2.45) is 5.92 Å². The molecule has 20 heavy (non-hydrogen) atoms. The fraction of sp³-hybridized carbons (Fsp3) is 0.647. The Balaban J connectivity index is 2.25. The van der Waals surface area contributed by atoms with Crippen LogP contribution in [0.5, 0.6) is 0 Å². The van der Waals surface area contributed by atoms with E-state index < -0.39 is 0 Å². The van der Waals surface area contributed by atoms with Gasteiger partial charge in [0, 0.05) is 16.6 Å². The average Bonchev–Trinajstić information content (AvgIpc) is 2.71. The Labute approximate surface area is 126 Å². The van der Waals surface area contributed by atoms with Gasteiger partial charge in [-0.2, -0.15) is 0 Å². The molecule has 1 fully saturated rings. The van der Waals surface area contributed by atoms with Gasteiger partial charge in [-0.3, -0.25) is 0 Å². The molecule has 0 heterocycles. The van der Waals surface area contributed by atoms with Crippen molar-refractivity contribution < 1.29 is 4.39 Å². The summed E-state index contributed by atoms with van der Waals surface area (Å²) in [6.07, 6.45) is 8.51. The molecule has 0 aromatic heterocycles. The Kier molecular flexibility index (Phi) is 6.31. The highest BCUT2D eigenvalue weighted by atomic mass is 35.5. The molecule has 1 unspecified atom stereocenters. The maximum absolute atomic E-state index is 14.3. The van der Waals surface area contributed by atoms with Crippen LogP contribution in [0.3, 0.4) is 0 Å². The zero-order valence-electron chi connectivity index (χ0n) is 12.3. The van der Waals surface area contributed by atoms with Gasteiger partial charge in [0.1, 0.15) is 5.82 Å². The summed E-state index contributed by atoms with van der Waals surface area (Å²) in [4.78, 5) is 0. The van der Waals surface area contributed by atoms with Gasteiger partial charge >= 0.3 is 0 Å². The van der Waals surface area contributed by atoms with Crippen LogP contribution in [-0.4, -0.2) is 6.54 Å². The lowest BCUT2D eigenvalue weighted by Gasteiger charge is -2.29. The van der Waals surface area contributed by atoms with Gasteiger partial charge in [0.25, 0.3) is 0 Å². The van der Waals surface area contributed by atoms with E-state index in [1.54, 1.807) is 12.1 Å². The van der Waals surface area contributed by atoms with Crippen LogP contribution in [-0.2, 0) is 0 Å². The van der Waals surface area contributed by atoms with E-state index in [0.29, 0.717) is 16.5 Å². The maximum atomic E-state index is 14.3. The molecule has 3 heteroatoms. The summed E-state index contributed by atoms with van der Waals surface area (Å²) in [5.41, 5.74) is 0.675. The number of hydrogen-bond donors (Lipinski definition) is 1.